The van der Waals surface area contributed by atoms with Crippen LogP contribution in [0.25, 0.3) is 5.69 Å². The van der Waals surface area contributed by atoms with E-state index < -0.39 is 17.4 Å². The predicted octanol–water partition coefficient (Wildman–Crippen LogP) is 1.17. The monoisotopic (exact) mass is 257 g/mol. The van der Waals surface area contributed by atoms with E-state index in [2.05, 4.69) is 19.9 Å². The van der Waals surface area contributed by atoms with Crippen molar-refractivity contribution < 1.29 is 18.4 Å². The van der Waals surface area contributed by atoms with Gasteiger partial charge in [-0.3, -0.25) is 10.1 Å². The van der Waals surface area contributed by atoms with Crippen molar-refractivity contribution in [1.29, 1.82) is 0 Å². The van der Waals surface area contributed by atoms with Crippen molar-refractivity contribution in [3.05, 3.63) is 34.8 Å². The first-order chi connectivity index (χ1) is 8.58. The first kappa shape index (κ1) is 11.8. The lowest BCUT2D eigenvalue weighted by atomic mass is 10.3. The second-order valence-corrected chi connectivity index (χ2v) is 2.97. The van der Waals surface area contributed by atoms with Crippen LogP contribution in [0.3, 0.4) is 0 Å². The van der Waals surface area contributed by atoms with E-state index >= 15 is 0 Å². The van der Waals surface area contributed by atoms with Crippen LogP contribution in [0, 0.1) is 10.1 Å². The lowest BCUT2D eigenvalue weighted by Gasteiger charge is -2.07. The number of aromatic nitrogens is 4. The predicted molar refractivity (Wildman–Crippen MR) is 52.4 cm³/mol. The smallest absolute Gasteiger partial charge is 0.388 e. The number of pyridine rings is 1. The highest BCUT2D eigenvalue weighted by atomic mass is 19.3. The van der Waals surface area contributed by atoms with Crippen molar-refractivity contribution >= 4 is 5.69 Å². The van der Waals surface area contributed by atoms with Gasteiger partial charge in [-0.15, -0.1) is 4.80 Å². The summed E-state index contributed by atoms with van der Waals surface area (Å²) in [5.41, 5.74) is -0.529. The Morgan fingerprint density at radius 2 is 2.06 bits per heavy atom. The summed E-state index contributed by atoms with van der Waals surface area (Å²) in [6.07, 6.45) is 3.38. The molecule has 0 unspecified atom stereocenters. The Bertz CT molecular complexity index is 560. The lowest BCUT2D eigenvalue weighted by molar-refractivity contribution is -0.385. The summed E-state index contributed by atoms with van der Waals surface area (Å²) >= 11 is 0. The molecule has 8 nitrogen and oxygen atoms in total. The summed E-state index contributed by atoms with van der Waals surface area (Å²) in [6.45, 7) is -3.10. The van der Waals surface area contributed by atoms with Gasteiger partial charge < -0.3 is 4.74 Å². The molecule has 0 bridgehead atoms. The summed E-state index contributed by atoms with van der Waals surface area (Å²) in [6, 6.07) is 0.991. The molecule has 10 heteroatoms. The van der Waals surface area contributed by atoms with Crippen molar-refractivity contribution in [3.63, 3.8) is 0 Å². The number of nitrogens with zero attached hydrogens (tertiary/aromatic N) is 5. The van der Waals surface area contributed by atoms with Crippen LogP contribution in [-0.4, -0.2) is 31.5 Å². The van der Waals surface area contributed by atoms with Crippen molar-refractivity contribution in [1.82, 2.24) is 20.0 Å². The summed E-state index contributed by atoms with van der Waals surface area (Å²) in [5.74, 6) is -0.494. The topological polar surface area (TPSA) is 96.0 Å². The maximum absolute atomic E-state index is 12.2. The Labute approximate surface area is 98.0 Å². The minimum absolute atomic E-state index is 0.144. The maximum atomic E-state index is 12.2. The van der Waals surface area contributed by atoms with Crippen molar-refractivity contribution in [2.75, 3.05) is 0 Å². The van der Waals surface area contributed by atoms with Crippen molar-refractivity contribution in [2.45, 2.75) is 6.61 Å². The van der Waals surface area contributed by atoms with Gasteiger partial charge in [0, 0.05) is 0 Å². The zero-order chi connectivity index (χ0) is 13.1. The average molecular weight is 257 g/mol. The molecule has 0 aliphatic rings. The van der Waals surface area contributed by atoms with Crippen LogP contribution < -0.4 is 4.74 Å². The van der Waals surface area contributed by atoms with Crippen LogP contribution in [0.2, 0.25) is 0 Å². The SMILES string of the molecule is O=[N+]([O-])c1cnc(OC(F)F)c(-n2nccn2)c1. The van der Waals surface area contributed by atoms with Gasteiger partial charge in [-0.25, -0.2) is 4.98 Å². The molecule has 0 saturated carbocycles. The first-order valence-electron chi connectivity index (χ1n) is 4.54. The lowest BCUT2D eigenvalue weighted by Crippen LogP contribution is -2.09. The molecule has 2 aromatic heterocycles. The second kappa shape index (κ2) is 4.69. The fourth-order valence-electron chi connectivity index (χ4n) is 1.19. The minimum atomic E-state index is -3.10. The van der Waals surface area contributed by atoms with E-state index in [9.17, 15) is 18.9 Å². The van der Waals surface area contributed by atoms with Gasteiger partial charge >= 0.3 is 6.61 Å². The summed E-state index contributed by atoms with van der Waals surface area (Å²) in [4.78, 5) is 14.2. The fraction of sp³-hybridized carbons (Fsp3) is 0.125. The average Bonchev–Trinajstić information content (AvgIpc) is 2.81. The van der Waals surface area contributed by atoms with Gasteiger partial charge in [-0.05, 0) is 0 Å². The molecule has 0 aliphatic heterocycles. The highest BCUT2D eigenvalue weighted by molar-refractivity contribution is 5.47. The Morgan fingerprint density at radius 3 is 2.61 bits per heavy atom. The number of hydrogen-bond acceptors (Lipinski definition) is 6. The molecule has 0 fully saturated rings. The second-order valence-electron chi connectivity index (χ2n) is 2.97. The zero-order valence-corrected chi connectivity index (χ0v) is 8.60. The van der Waals surface area contributed by atoms with Crippen LogP contribution in [0.1, 0.15) is 0 Å². The molecule has 2 rings (SSSR count). The number of nitro groups is 1. The molecule has 0 aromatic carbocycles. The summed E-state index contributed by atoms with van der Waals surface area (Å²) in [5, 5.41) is 17.9. The molecule has 0 aliphatic carbocycles. The minimum Gasteiger partial charge on any atom is -0.415 e. The third-order valence-corrected chi connectivity index (χ3v) is 1.86. The number of halogens is 2. The van der Waals surface area contributed by atoms with E-state index in [0.717, 1.165) is 17.1 Å². The first-order valence-corrected chi connectivity index (χ1v) is 4.54. The van der Waals surface area contributed by atoms with E-state index in [4.69, 9.17) is 0 Å². The molecule has 0 N–H and O–H groups in total. The quantitative estimate of drug-likeness (QED) is 0.602. The van der Waals surface area contributed by atoms with Gasteiger partial charge in [0.2, 0.25) is 5.88 Å². The van der Waals surface area contributed by atoms with E-state index in [1.54, 1.807) is 0 Å². The highest BCUT2D eigenvalue weighted by Gasteiger charge is 2.18. The highest BCUT2D eigenvalue weighted by Crippen LogP contribution is 2.24. The van der Waals surface area contributed by atoms with Gasteiger partial charge in [0.25, 0.3) is 5.69 Å². The fourth-order valence-corrected chi connectivity index (χ4v) is 1.19. The number of hydrogen-bond donors (Lipinski definition) is 0. The standard InChI is InChI=1S/C8H5F2N5O3/c9-8(10)18-7-6(14-12-1-2-13-14)3-5(4-11-7)15(16)17/h1-4,8H. The molecule has 2 aromatic rings. The zero-order valence-electron chi connectivity index (χ0n) is 8.60. The third-order valence-electron chi connectivity index (χ3n) is 1.86. The van der Waals surface area contributed by atoms with E-state index in [1.165, 1.54) is 12.4 Å². The molecular formula is C8H5F2N5O3. The van der Waals surface area contributed by atoms with Gasteiger partial charge in [0.05, 0.1) is 23.4 Å². The molecule has 0 spiro atoms. The van der Waals surface area contributed by atoms with Crippen LogP contribution in [-0.2, 0) is 0 Å². The number of alkyl halides is 2. The molecular weight excluding hydrogens is 252 g/mol. The van der Waals surface area contributed by atoms with Gasteiger partial charge in [-0.2, -0.15) is 19.0 Å². The Morgan fingerprint density at radius 1 is 1.39 bits per heavy atom. The normalized spacial score (nSPS) is 10.6. The molecule has 94 valence electrons. The van der Waals surface area contributed by atoms with Crippen LogP contribution in [0.4, 0.5) is 14.5 Å². The van der Waals surface area contributed by atoms with Crippen molar-refractivity contribution in [3.8, 4) is 11.6 Å². The molecule has 0 atom stereocenters. The van der Waals surface area contributed by atoms with Gasteiger partial charge in [0.1, 0.15) is 6.20 Å². The van der Waals surface area contributed by atoms with E-state index in [-0.39, 0.29) is 11.4 Å². The van der Waals surface area contributed by atoms with Gasteiger partial charge in [0.15, 0.2) is 5.69 Å². The van der Waals surface area contributed by atoms with E-state index in [0.29, 0.717) is 0 Å². The van der Waals surface area contributed by atoms with E-state index in [1.807, 2.05) is 0 Å². The summed E-state index contributed by atoms with van der Waals surface area (Å²) < 4.78 is 28.4. The molecule has 2 heterocycles. The van der Waals surface area contributed by atoms with Crippen molar-refractivity contribution in [2.24, 2.45) is 0 Å². The number of rotatable bonds is 4. The third kappa shape index (κ3) is 2.36. The van der Waals surface area contributed by atoms with Crippen LogP contribution in [0.15, 0.2) is 24.7 Å². The molecule has 0 radical (unpaired) electrons. The molecule has 0 saturated heterocycles. The Balaban J connectivity index is 2.50. The molecule has 0 amide bonds. The summed E-state index contributed by atoms with van der Waals surface area (Å²) in [7, 11) is 0. The van der Waals surface area contributed by atoms with Crippen LogP contribution in [0.5, 0.6) is 5.88 Å². The van der Waals surface area contributed by atoms with Gasteiger partial charge in [-0.1, -0.05) is 0 Å². The number of ether oxygens (including phenoxy) is 1. The Kier molecular flexibility index (Phi) is 3.08. The maximum Gasteiger partial charge on any atom is 0.388 e. The largest absolute Gasteiger partial charge is 0.415 e. The molecule has 18 heavy (non-hydrogen) atoms. The Hall–Kier alpha value is -2.65. The van der Waals surface area contributed by atoms with Crippen LogP contribution >= 0.6 is 0 Å².